The van der Waals surface area contributed by atoms with E-state index in [1.54, 1.807) is 18.2 Å². The Labute approximate surface area is 130 Å². The molecule has 1 aromatic heterocycles. The average molecular weight is 413 g/mol. The van der Waals surface area contributed by atoms with Crippen LogP contribution in [0, 0.1) is 9.52 Å². The summed E-state index contributed by atoms with van der Waals surface area (Å²) in [7, 11) is 1.02. The molecule has 0 atom stereocenters. The zero-order chi connectivity index (χ0) is 15.8. The minimum Gasteiger partial charge on any atom is -0.316 e. The third kappa shape index (κ3) is 3.17. The van der Waals surface area contributed by atoms with Crippen molar-refractivity contribution in [3.63, 3.8) is 0 Å². The Hall–Kier alpha value is -1.65. The number of anilines is 1. The van der Waals surface area contributed by atoms with E-state index in [0.717, 1.165) is 7.05 Å². The van der Waals surface area contributed by atoms with Gasteiger partial charge in [0.25, 0.3) is 5.91 Å². The Morgan fingerprint density at radius 3 is 2.52 bits per heavy atom. The zero-order valence-electron chi connectivity index (χ0n) is 10.5. The highest BCUT2D eigenvalue weighted by atomic mass is 127. The number of alkyl halides is 3. The highest BCUT2D eigenvalue weighted by Gasteiger charge is 2.40. The molecule has 21 heavy (non-hydrogen) atoms. The summed E-state index contributed by atoms with van der Waals surface area (Å²) >= 11 is 1.86. The Morgan fingerprint density at radius 2 is 1.95 bits per heavy atom. The maximum absolute atomic E-state index is 13.7. The van der Waals surface area contributed by atoms with Gasteiger partial charge >= 0.3 is 6.18 Å². The molecule has 1 amide bonds. The van der Waals surface area contributed by atoms with Gasteiger partial charge in [-0.1, -0.05) is 12.1 Å². The van der Waals surface area contributed by atoms with Crippen LogP contribution in [0.2, 0.25) is 0 Å². The number of amides is 1. The van der Waals surface area contributed by atoms with E-state index in [4.69, 9.17) is 0 Å². The number of carbonyl (C=O) groups excluding carboxylic acids is 1. The van der Waals surface area contributed by atoms with Crippen molar-refractivity contribution in [1.29, 1.82) is 0 Å². The quantitative estimate of drug-likeness (QED) is 0.606. The predicted molar refractivity (Wildman–Crippen MR) is 75.3 cm³/mol. The van der Waals surface area contributed by atoms with Crippen LogP contribution in [-0.4, -0.2) is 15.7 Å². The molecule has 2 aromatic rings. The van der Waals surface area contributed by atoms with Crippen LogP contribution in [0.25, 0.3) is 0 Å². The summed E-state index contributed by atoms with van der Waals surface area (Å²) in [6, 6.07) is 6.27. The molecule has 0 aliphatic rings. The number of benzene rings is 1. The first-order valence-electron chi connectivity index (χ1n) is 5.57. The number of nitrogens with one attached hydrogen (secondary N) is 1. The molecule has 1 N–H and O–H groups in total. The second-order valence-corrected chi connectivity index (χ2v) is 5.23. The maximum Gasteiger partial charge on any atom is 0.437 e. The van der Waals surface area contributed by atoms with Gasteiger partial charge in [0.05, 0.1) is 5.56 Å². The number of aromatic nitrogens is 2. The summed E-state index contributed by atoms with van der Waals surface area (Å²) < 4.78 is 53.0. The molecule has 0 aliphatic carbocycles. The molecule has 0 saturated heterocycles. The summed E-state index contributed by atoms with van der Waals surface area (Å²) in [4.78, 5) is 12.0. The molecule has 0 aliphatic heterocycles. The minimum absolute atomic E-state index is 0.148. The first-order valence-corrected chi connectivity index (χ1v) is 6.65. The van der Waals surface area contributed by atoms with Crippen LogP contribution in [0.4, 0.5) is 23.2 Å². The SMILES string of the molecule is Cn1nc(C(F)(F)F)c(NC(=O)c2ccccc2I)c1F. The lowest BCUT2D eigenvalue weighted by Gasteiger charge is -2.08. The Kier molecular flexibility index (Phi) is 4.21. The highest BCUT2D eigenvalue weighted by Crippen LogP contribution is 2.35. The zero-order valence-corrected chi connectivity index (χ0v) is 12.7. The molecule has 0 unspecified atom stereocenters. The first-order chi connectivity index (χ1) is 9.71. The fourth-order valence-electron chi connectivity index (χ4n) is 1.64. The van der Waals surface area contributed by atoms with Gasteiger partial charge in [-0.3, -0.25) is 4.79 Å². The van der Waals surface area contributed by atoms with E-state index in [-0.39, 0.29) is 5.56 Å². The Bertz CT molecular complexity index is 696. The normalized spacial score (nSPS) is 11.5. The molecule has 1 heterocycles. The molecule has 0 spiro atoms. The van der Waals surface area contributed by atoms with Crippen molar-refractivity contribution in [3.05, 3.63) is 45.0 Å². The third-order valence-corrected chi connectivity index (χ3v) is 3.54. The molecular weight excluding hydrogens is 405 g/mol. The fraction of sp³-hybridized carbons (Fsp3) is 0.167. The second kappa shape index (κ2) is 5.62. The van der Waals surface area contributed by atoms with E-state index >= 15 is 0 Å². The van der Waals surface area contributed by atoms with Crippen LogP contribution in [0.1, 0.15) is 16.1 Å². The van der Waals surface area contributed by atoms with Crippen LogP contribution < -0.4 is 5.32 Å². The lowest BCUT2D eigenvalue weighted by Crippen LogP contribution is -2.17. The van der Waals surface area contributed by atoms with Gasteiger partial charge in [-0.15, -0.1) is 0 Å². The topological polar surface area (TPSA) is 46.9 Å². The van der Waals surface area contributed by atoms with Gasteiger partial charge in [-0.05, 0) is 34.7 Å². The molecule has 0 radical (unpaired) electrons. The number of halogens is 5. The summed E-state index contributed by atoms with van der Waals surface area (Å²) in [6.45, 7) is 0. The third-order valence-electron chi connectivity index (χ3n) is 2.60. The van der Waals surface area contributed by atoms with Crippen molar-refractivity contribution in [2.45, 2.75) is 6.18 Å². The molecular formula is C12H8F4IN3O. The summed E-state index contributed by atoms with van der Waals surface area (Å²) in [5, 5.41) is 4.99. The molecule has 0 fully saturated rings. The number of hydrogen-bond acceptors (Lipinski definition) is 2. The Morgan fingerprint density at radius 1 is 1.33 bits per heavy atom. The van der Waals surface area contributed by atoms with Crippen molar-refractivity contribution in [2.75, 3.05) is 5.32 Å². The smallest absolute Gasteiger partial charge is 0.316 e. The van der Waals surface area contributed by atoms with Gasteiger partial charge in [0.15, 0.2) is 5.69 Å². The van der Waals surface area contributed by atoms with Crippen molar-refractivity contribution in [2.24, 2.45) is 7.05 Å². The van der Waals surface area contributed by atoms with Crippen LogP contribution in [0.5, 0.6) is 0 Å². The predicted octanol–water partition coefficient (Wildman–Crippen LogP) is 3.43. The molecule has 0 saturated carbocycles. The first kappa shape index (κ1) is 15.7. The summed E-state index contributed by atoms with van der Waals surface area (Å²) in [6.07, 6.45) is -4.87. The number of aryl methyl sites for hydroxylation is 1. The molecule has 2 rings (SSSR count). The van der Waals surface area contributed by atoms with Crippen molar-refractivity contribution >= 4 is 34.2 Å². The lowest BCUT2D eigenvalue weighted by molar-refractivity contribution is -0.140. The van der Waals surface area contributed by atoms with Gasteiger partial charge in [-0.25, -0.2) is 4.68 Å². The number of nitrogens with zero attached hydrogens (tertiary/aromatic N) is 2. The van der Waals surface area contributed by atoms with Crippen LogP contribution >= 0.6 is 22.6 Å². The van der Waals surface area contributed by atoms with Crippen molar-refractivity contribution in [3.8, 4) is 0 Å². The summed E-state index contributed by atoms with van der Waals surface area (Å²) in [5.41, 5.74) is -2.30. The van der Waals surface area contributed by atoms with Crippen molar-refractivity contribution < 1.29 is 22.4 Å². The van der Waals surface area contributed by atoms with Gasteiger partial charge in [-0.2, -0.15) is 22.7 Å². The van der Waals surface area contributed by atoms with E-state index in [2.05, 4.69) is 5.10 Å². The van der Waals surface area contributed by atoms with Crippen LogP contribution in [0.15, 0.2) is 24.3 Å². The molecule has 4 nitrogen and oxygen atoms in total. The fourth-order valence-corrected chi connectivity index (χ4v) is 2.27. The second-order valence-electron chi connectivity index (χ2n) is 4.07. The van der Waals surface area contributed by atoms with Crippen molar-refractivity contribution in [1.82, 2.24) is 9.78 Å². The maximum atomic E-state index is 13.7. The van der Waals surface area contributed by atoms with Gasteiger partial charge in [0.2, 0.25) is 5.95 Å². The minimum atomic E-state index is -4.87. The molecule has 9 heteroatoms. The van der Waals surface area contributed by atoms with Gasteiger partial charge in [0, 0.05) is 10.6 Å². The monoisotopic (exact) mass is 413 g/mol. The molecule has 112 valence electrons. The number of hydrogen-bond donors (Lipinski definition) is 1. The summed E-state index contributed by atoms with van der Waals surface area (Å²) in [5.74, 6) is -2.10. The van der Waals surface area contributed by atoms with Crippen LogP contribution in [0.3, 0.4) is 0 Å². The van der Waals surface area contributed by atoms with Gasteiger partial charge < -0.3 is 5.32 Å². The largest absolute Gasteiger partial charge is 0.437 e. The van der Waals surface area contributed by atoms with E-state index in [1.807, 2.05) is 27.9 Å². The van der Waals surface area contributed by atoms with E-state index in [1.165, 1.54) is 6.07 Å². The lowest BCUT2D eigenvalue weighted by atomic mass is 10.2. The van der Waals surface area contributed by atoms with Crippen LogP contribution in [-0.2, 0) is 13.2 Å². The molecule has 0 bridgehead atoms. The molecule has 1 aromatic carbocycles. The van der Waals surface area contributed by atoms with E-state index < -0.39 is 29.4 Å². The number of rotatable bonds is 2. The van der Waals surface area contributed by atoms with E-state index in [9.17, 15) is 22.4 Å². The van der Waals surface area contributed by atoms with Gasteiger partial charge in [0.1, 0.15) is 5.69 Å². The standard InChI is InChI=1S/C12H8F4IN3O/c1-20-10(13)8(9(19-20)12(14,15)16)18-11(21)6-4-2-3-5-7(6)17/h2-5H,1H3,(H,18,21). The van der Waals surface area contributed by atoms with E-state index in [0.29, 0.717) is 8.25 Å². The number of carbonyl (C=O) groups is 1. The highest BCUT2D eigenvalue weighted by molar-refractivity contribution is 14.1. The average Bonchev–Trinajstić information content (AvgIpc) is 2.67. The Balaban J connectivity index is 2.41.